The molecule has 0 amide bonds. The smallest absolute Gasteiger partial charge is 0.217 e. The van der Waals surface area contributed by atoms with E-state index >= 15 is 0 Å². The fourth-order valence-electron chi connectivity index (χ4n) is 3.06. The van der Waals surface area contributed by atoms with E-state index in [-0.39, 0.29) is 11.1 Å². The highest BCUT2D eigenvalue weighted by atomic mass is 32.2. The summed E-state index contributed by atoms with van der Waals surface area (Å²) < 4.78 is 39.7. The van der Waals surface area contributed by atoms with Crippen LogP contribution in [0.5, 0.6) is 0 Å². The number of hydrogen-bond acceptors (Lipinski definition) is 4. The van der Waals surface area contributed by atoms with Crippen LogP contribution in [-0.2, 0) is 10.0 Å². The normalized spacial score (nSPS) is 20.1. The van der Waals surface area contributed by atoms with Crippen LogP contribution in [0.3, 0.4) is 0 Å². The first-order valence-electron chi connectivity index (χ1n) is 7.75. The maximum Gasteiger partial charge on any atom is 0.217 e. The largest absolute Gasteiger partial charge is 0.368 e. The lowest BCUT2D eigenvalue weighted by atomic mass is 10.1. The van der Waals surface area contributed by atoms with Crippen molar-refractivity contribution in [3.8, 4) is 0 Å². The topological polar surface area (TPSA) is 53.5 Å². The van der Waals surface area contributed by atoms with Crippen LogP contribution < -0.4 is 4.90 Å². The highest BCUT2D eigenvalue weighted by Crippen LogP contribution is 2.32. The molecule has 121 valence electrons. The zero-order valence-corrected chi connectivity index (χ0v) is 13.4. The lowest BCUT2D eigenvalue weighted by Crippen LogP contribution is -2.49. The van der Waals surface area contributed by atoms with Crippen molar-refractivity contribution in [1.29, 1.82) is 0 Å². The molecule has 2 aliphatic rings. The van der Waals surface area contributed by atoms with Gasteiger partial charge in [0.15, 0.2) is 0 Å². The van der Waals surface area contributed by atoms with Gasteiger partial charge in [0, 0.05) is 43.8 Å². The minimum absolute atomic E-state index is 0.170. The molecule has 2 aromatic rings. The molecule has 1 aliphatic heterocycles. The third-order valence-electron chi connectivity index (χ3n) is 4.48. The summed E-state index contributed by atoms with van der Waals surface area (Å²) in [6, 6.07) is 7.57. The molecule has 1 aliphatic carbocycles. The molecule has 0 atom stereocenters. The first-order chi connectivity index (χ1) is 11.1. The maximum atomic E-state index is 13.6. The number of pyridine rings is 1. The van der Waals surface area contributed by atoms with Crippen molar-refractivity contribution in [3.05, 3.63) is 36.3 Å². The van der Waals surface area contributed by atoms with Crippen LogP contribution in [-0.4, -0.2) is 49.1 Å². The Bertz CT molecular complexity index is 844. The van der Waals surface area contributed by atoms with E-state index in [1.807, 2.05) is 0 Å². The first-order valence-corrected chi connectivity index (χ1v) is 9.26. The molecule has 23 heavy (non-hydrogen) atoms. The van der Waals surface area contributed by atoms with Gasteiger partial charge in [0.05, 0.1) is 16.5 Å². The average molecular weight is 334 g/mol. The number of sulfonamides is 1. The highest BCUT2D eigenvalue weighted by Gasteiger charge is 2.41. The fraction of sp³-hybridized carbons (Fsp3) is 0.438. The molecule has 1 saturated carbocycles. The van der Waals surface area contributed by atoms with Gasteiger partial charge in [-0.2, -0.15) is 4.31 Å². The van der Waals surface area contributed by atoms with Gasteiger partial charge in [-0.3, -0.25) is 4.98 Å². The van der Waals surface area contributed by atoms with E-state index < -0.39 is 10.0 Å². The summed E-state index contributed by atoms with van der Waals surface area (Å²) in [5.41, 5.74) is 1.51. The van der Waals surface area contributed by atoms with Crippen molar-refractivity contribution in [1.82, 2.24) is 9.29 Å². The second kappa shape index (κ2) is 5.42. The van der Waals surface area contributed by atoms with Crippen LogP contribution in [0.15, 0.2) is 24.4 Å². The quantitative estimate of drug-likeness (QED) is 0.859. The number of piperazine rings is 1. The summed E-state index contributed by atoms with van der Waals surface area (Å²) in [7, 11) is -3.12. The van der Waals surface area contributed by atoms with E-state index in [0.29, 0.717) is 37.1 Å². The van der Waals surface area contributed by atoms with Gasteiger partial charge in [-0.05, 0) is 31.0 Å². The van der Waals surface area contributed by atoms with Gasteiger partial charge in [-0.1, -0.05) is 0 Å². The molecule has 2 heterocycles. The standard InChI is InChI=1S/C16H17FN3O2S/c17-12-1-4-15-14(11-12)16(5-6-18-15)19-7-9-20(10-8-19)23(21,22)13-2-3-13/h1,4,6,11,13H,2-3,7-10H2. The molecule has 4 rings (SSSR count). The van der Waals surface area contributed by atoms with Crippen LogP contribution in [0, 0.1) is 11.9 Å². The van der Waals surface area contributed by atoms with Crippen LogP contribution in [0.4, 0.5) is 10.1 Å². The zero-order valence-electron chi connectivity index (χ0n) is 12.6. The zero-order chi connectivity index (χ0) is 16.0. The average Bonchev–Trinajstić information content (AvgIpc) is 3.40. The third kappa shape index (κ3) is 2.68. The number of hydrogen-bond donors (Lipinski definition) is 0. The van der Waals surface area contributed by atoms with Gasteiger partial charge in [0.2, 0.25) is 10.0 Å². The lowest BCUT2D eigenvalue weighted by molar-refractivity contribution is 0.384. The molecule has 0 unspecified atom stereocenters. The van der Waals surface area contributed by atoms with E-state index in [1.165, 1.54) is 12.1 Å². The molecule has 1 radical (unpaired) electrons. The molecule has 0 spiro atoms. The summed E-state index contributed by atoms with van der Waals surface area (Å²) >= 11 is 0. The number of anilines is 1. The SMILES string of the molecule is O=S(=O)(C1CC1)N1CCN(c2[c]cnc3ccc(F)cc23)CC1. The van der Waals surface area contributed by atoms with E-state index in [9.17, 15) is 12.8 Å². The van der Waals surface area contributed by atoms with Crippen molar-refractivity contribution in [2.75, 3.05) is 31.1 Å². The third-order valence-corrected chi connectivity index (χ3v) is 6.88. The van der Waals surface area contributed by atoms with Gasteiger partial charge >= 0.3 is 0 Å². The van der Waals surface area contributed by atoms with Gasteiger partial charge in [0.25, 0.3) is 0 Å². The molecule has 2 fully saturated rings. The molecule has 1 aromatic carbocycles. The Kier molecular flexibility index (Phi) is 3.50. The Morgan fingerprint density at radius 2 is 1.91 bits per heavy atom. The molecular formula is C16H17FN3O2S. The van der Waals surface area contributed by atoms with Crippen LogP contribution in [0.1, 0.15) is 12.8 Å². The van der Waals surface area contributed by atoms with E-state index in [4.69, 9.17) is 0 Å². The molecule has 1 aromatic heterocycles. The minimum Gasteiger partial charge on any atom is -0.368 e. The van der Waals surface area contributed by atoms with E-state index in [2.05, 4.69) is 16.0 Å². The Balaban J connectivity index is 1.58. The number of benzene rings is 1. The van der Waals surface area contributed by atoms with Crippen molar-refractivity contribution in [3.63, 3.8) is 0 Å². The highest BCUT2D eigenvalue weighted by molar-refractivity contribution is 7.90. The van der Waals surface area contributed by atoms with Crippen molar-refractivity contribution in [2.45, 2.75) is 18.1 Å². The predicted molar refractivity (Wildman–Crippen MR) is 86.3 cm³/mol. The van der Waals surface area contributed by atoms with Crippen molar-refractivity contribution >= 4 is 26.6 Å². The molecular weight excluding hydrogens is 317 g/mol. The Hall–Kier alpha value is -1.73. The molecule has 7 heteroatoms. The monoisotopic (exact) mass is 334 g/mol. The second-order valence-corrected chi connectivity index (χ2v) is 8.26. The number of fused-ring (bicyclic) bond motifs is 1. The summed E-state index contributed by atoms with van der Waals surface area (Å²) in [6.45, 7) is 2.09. The Morgan fingerprint density at radius 1 is 1.17 bits per heavy atom. The Labute approximate surface area is 134 Å². The van der Waals surface area contributed by atoms with E-state index in [1.54, 1.807) is 16.6 Å². The van der Waals surface area contributed by atoms with Gasteiger partial charge in [-0.15, -0.1) is 0 Å². The Morgan fingerprint density at radius 3 is 2.61 bits per heavy atom. The van der Waals surface area contributed by atoms with Crippen LogP contribution in [0.2, 0.25) is 0 Å². The summed E-state index contributed by atoms with van der Waals surface area (Å²) in [6.07, 6.45) is 3.15. The van der Waals surface area contributed by atoms with Gasteiger partial charge in [0.1, 0.15) is 5.82 Å². The molecule has 5 nitrogen and oxygen atoms in total. The van der Waals surface area contributed by atoms with Crippen molar-refractivity contribution < 1.29 is 12.8 Å². The number of nitrogens with zero attached hydrogens (tertiary/aromatic N) is 3. The predicted octanol–water partition coefficient (Wildman–Crippen LogP) is 1.79. The number of aromatic nitrogens is 1. The summed E-state index contributed by atoms with van der Waals surface area (Å²) in [5, 5.41) is 0.544. The van der Waals surface area contributed by atoms with Gasteiger partial charge < -0.3 is 4.90 Å². The maximum absolute atomic E-state index is 13.6. The molecule has 0 bridgehead atoms. The lowest BCUT2D eigenvalue weighted by Gasteiger charge is -2.35. The first kappa shape index (κ1) is 14.8. The van der Waals surface area contributed by atoms with Crippen LogP contribution >= 0.6 is 0 Å². The number of rotatable bonds is 3. The summed E-state index contributed by atoms with van der Waals surface area (Å²) in [5.74, 6) is -0.310. The minimum atomic E-state index is -3.12. The van der Waals surface area contributed by atoms with Gasteiger partial charge in [-0.25, -0.2) is 12.8 Å². The van der Waals surface area contributed by atoms with Crippen LogP contribution in [0.25, 0.3) is 10.9 Å². The van der Waals surface area contributed by atoms with E-state index in [0.717, 1.165) is 18.5 Å². The van der Waals surface area contributed by atoms with Crippen molar-refractivity contribution in [2.24, 2.45) is 0 Å². The number of halogens is 1. The molecule has 0 N–H and O–H groups in total. The fourth-order valence-corrected chi connectivity index (χ4v) is 4.88. The molecule has 1 saturated heterocycles. The summed E-state index contributed by atoms with van der Waals surface area (Å²) in [4.78, 5) is 6.27. The second-order valence-electron chi connectivity index (χ2n) is 6.04.